The third kappa shape index (κ3) is 4.29. The molecule has 0 spiro atoms. The molecule has 1 fully saturated rings. The number of benzene rings is 2. The number of Topliss-reactive ketones (excluding diaryl/α,β-unsaturated/α-hetero) is 1. The summed E-state index contributed by atoms with van der Waals surface area (Å²) >= 11 is 0. The van der Waals surface area contributed by atoms with Gasteiger partial charge >= 0.3 is 0 Å². The number of ketones is 1. The quantitative estimate of drug-likeness (QED) is 0.668. The molecule has 0 bridgehead atoms. The van der Waals surface area contributed by atoms with E-state index in [1.54, 1.807) is 4.57 Å². The average molecular weight is 412 g/mol. The maximum Gasteiger partial charge on any atom is 0.264 e. The normalized spacial score (nSPS) is 15.5. The van der Waals surface area contributed by atoms with Gasteiger partial charge in [-0.25, -0.2) is 0 Å². The Bertz CT molecular complexity index is 1260. The van der Waals surface area contributed by atoms with Crippen LogP contribution in [0.4, 0.5) is 0 Å². The van der Waals surface area contributed by atoms with Gasteiger partial charge in [-0.1, -0.05) is 49.1 Å². The Labute approximate surface area is 181 Å². The number of carbonyl (C=O) groups excluding carboxylic acids is 2. The van der Waals surface area contributed by atoms with E-state index in [1.807, 2.05) is 61.5 Å². The number of nitrogens with one attached hydrogen (secondary N) is 1. The number of carbonyl (C=O) groups is 2. The molecule has 1 aromatic heterocycles. The maximum absolute atomic E-state index is 13.5. The van der Waals surface area contributed by atoms with Gasteiger partial charge in [-0.05, 0) is 42.5 Å². The highest BCUT2D eigenvalue weighted by atomic mass is 16.2. The number of hydrogen-bond acceptors (Lipinski definition) is 3. The average Bonchev–Trinajstić information content (AvgIpc) is 3.23. The highest BCUT2D eigenvalue weighted by Gasteiger charge is 2.27. The molecule has 1 unspecified atom stereocenters. The fourth-order valence-electron chi connectivity index (χ4n) is 4.09. The Morgan fingerprint density at radius 3 is 2.65 bits per heavy atom. The van der Waals surface area contributed by atoms with Gasteiger partial charge in [0.05, 0.1) is 11.9 Å². The van der Waals surface area contributed by atoms with Crippen LogP contribution in [0.5, 0.6) is 0 Å². The number of fused-ring (bicyclic) bond motifs is 1. The van der Waals surface area contributed by atoms with E-state index >= 15 is 0 Å². The van der Waals surface area contributed by atoms with Crippen molar-refractivity contribution in [2.75, 3.05) is 6.54 Å². The third-order valence-corrected chi connectivity index (χ3v) is 5.69. The molecule has 0 aliphatic heterocycles. The molecule has 5 heteroatoms. The van der Waals surface area contributed by atoms with Gasteiger partial charge in [-0.15, -0.1) is 0 Å². The molecule has 3 aromatic rings. The number of amides is 1. The summed E-state index contributed by atoms with van der Waals surface area (Å²) < 4.78 is 1.74. The zero-order valence-corrected chi connectivity index (χ0v) is 17.5. The van der Waals surface area contributed by atoms with Crippen molar-refractivity contribution in [3.63, 3.8) is 0 Å². The zero-order valence-electron chi connectivity index (χ0n) is 17.5. The van der Waals surface area contributed by atoms with Gasteiger partial charge in [0, 0.05) is 35.7 Å². The Morgan fingerprint density at radius 1 is 1.13 bits per heavy atom. The van der Waals surface area contributed by atoms with Crippen molar-refractivity contribution in [1.82, 2.24) is 9.88 Å². The first-order valence-electron chi connectivity index (χ1n) is 10.6. The summed E-state index contributed by atoms with van der Waals surface area (Å²) in [6.07, 6.45) is 2.14. The molecule has 5 nitrogen and oxygen atoms in total. The number of nitrogens with zero attached hydrogens (tertiary/aromatic N) is 1. The summed E-state index contributed by atoms with van der Waals surface area (Å²) in [5, 5.41) is 4.21. The fourth-order valence-corrected chi connectivity index (χ4v) is 4.09. The second-order valence-corrected chi connectivity index (χ2v) is 7.73. The van der Waals surface area contributed by atoms with Gasteiger partial charge in [0.25, 0.3) is 5.56 Å². The van der Waals surface area contributed by atoms with Crippen LogP contribution in [0.25, 0.3) is 16.5 Å². The van der Waals surface area contributed by atoms with Gasteiger partial charge in [0.2, 0.25) is 5.91 Å². The third-order valence-electron chi connectivity index (χ3n) is 5.69. The molecule has 156 valence electrons. The first-order valence-corrected chi connectivity index (χ1v) is 10.6. The smallest absolute Gasteiger partial charge is 0.264 e. The molecular weight excluding hydrogens is 388 g/mol. The SMILES string of the molecule is CCc1cc2cccc(C#CCNC(=O)C3CCC(=O)C3)c2c(=O)n1-c1ccccc1. The first-order chi connectivity index (χ1) is 15.1. The van der Waals surface area contributed by atoms with Gasteiger partial charge in [-0.3, -0.25) is 19.0 Å². The van der Waals surface area contributed by atoms with E-state index < -0.39 is 0 Å². The topological polar surface area (TPSA) is 68.2 Å². The molecule has 1 aliphatic rings. The second kappa shape index (κ2) is 9.01. The monoisotopic (exact) mass is 412 g/mol. The Kier molecular flexibility index (Phi) is 5.99. The van der Waals surface area contributed by atoms with Crippen LogP contribution in [-0.4, -0.2) is 22.8 Å². The van der Waals surface area contributed by atoms with Crippen molar-refractivity contribution < 1.29 is 9.59 Å². The Balaban J connectivity index is 1.65. The Morgan fingerprint density at radius 2 is 1.94 bits per heavy atom. The van der Waals surface area contributed by atoms with E-state index in [-0.39, 0.29) is 29.7 Å². The molecule has 0 saturated heterocycles. The van der Waals surface area contributed by atoms with Crippen molar-refractivity contribution >= 4 is 22.5 Å². The van der Waals surface area contributed by atoms with E-state index in [4.69, 9.17) is 0 Å². The summed E-state index contributed by atoms with van der Waals surface area (Å²) in [5.41, 5.74) is 2.30. The molecule has 4 rings (SSSR count). The summed E-state index contributed by atoms with van der Waals surface area (Å²) in [5.74, 6) is 5.79. The van der Waals surface area contributed by atoms with Gasteiger partial charge in [0.15, 0.2) is 0 Å². The number of pyridine rings is 1. The van der Waals surface area contributed by atoms with Crippen LogP contribution in [0.15, 0.2) is 59.4 Å². The molecule has 1 saturated carbocycles. The molecule has 1 N–H and O–H groups in total. The predicted molar refractivity (Wildman–Crippen MR) is 121 cm³/mol. The number of hydrogen-bond donors (Lipinski definition) is 1. The minimum absolute atomic E-state index is 0.0982. The van der Waals surface area contributed by atoms with Crippen molar-refractivity contribution in [2.45, 2.75) is 32.6 Å². The van der Waals surface area contributed by atoms with Crippen molar-refractivity contribution in [3.05, 3.63) is 76.2 Å². The van der Waals surface area contributed by atoms with Crippen molar-refractivity contribution in [2.24, 2.45) is 5.92 Å². The number of rotatable bonds is 4. The van der Waals surface area contributed by atoms with E-state index in [0.717, 1.165) is 23.2 Å². The van der Waals surface area contributed by atoms with E-state index in [1.165, 1.54) is 0 Å². The molecule has 1 atom stereocenters. The van der Waals surface area contributed by atoms with E-state index in [9.17, 15) is 14.4 Å². The lowest BCUT2D eigenvalue weighted by Crippen LogP contribution is -2.29. The van der Waals surface area contributed by atoms with Crippen LogP contribution in [0.3, 0.4) is 0 Å². The molecule has 31 heavy (non-hydrogen) atoms. The highest BCUT2D eigenvalue weighted by molar-refractivity contribution is 5.90. The van der Waals surface area contributed by atoms with Crippen LogP contribution < -0.4 is 10.9 Å². The number of para-hydroxylation sites is 1. The van der Waals surface area contributed by atoms with Crippen molar-refractivity contribution in [3.8, 4) is 17.5 Å². The molecule has 1 aliphatic carbocycles. The van der Waals surface area contributed by atoms with Crippen LogP contribution in [0.2, 0.25) is 0 Å². The van der Waals surface area contributed by atoms with Crippen LogP contribution in [0.1, 0.15) is 37.4 Å². The van der Waals surface area contributed by atoms with Crippen LogP contribution in [0, 0.1) is 17.8 Å². The zero-order chi connectivity index (χ0) is 21.8. The molecule has 0 radical (unpaired) electrons. The van der Waals surface area contributed by atoms with Crippen molar-refractivity contribution in [1.29, 1.82) is 0 Å². The molecule has 2 aromatic carbocycles. The summed E-state index contributed by atoms with van der Waals surface area (Å²) in [4.78, 5) is 37.0. The molecule has 1 heterocycles. The fraction of sp³-hybridized carbons (Fsp3) is 0.269. The number of aromatic nitrogens is 1. The van der Waals surface area contributed by atoms with Gasteiger partial charge in [-0.2, -0.15) is 0 Å². The highest BCUT2D eigenvalue weighted by Crippen LogP contribution is 2.22. The van der Waals surface area contributed by atoms with Crippen LogP contribution >= 0.6 is 0 Å². The lowest BCUT2D eigenvalue weighted by Gasteiger charge is -2.14. The van der Waals surface area contributed by atoms with Gasteiger partial charge in [0.1, 0.15) is 5.78 Å². The first kappa shape index (κ1) is 20.6. The molecule has 1 amide bonds. The standard InChI is InChI=1S/C26H24N2O3/c1-2-21-16-19-9-6-8-18(10-7-15-27-25(30)20-13-14-23(29)17-20)24(19)26(31)28(21)22-11-4-3-5-12-22/h3-6,8-9,11-12,16,20H,2,13-15,17H2,1H3,(H,27,30). The maximum atomic E-state index is 13.5. The number of aryl methyl sites for hydroxylation is 1. The van der Waals surface area contributed by atoms with E-state index in [0.29, 0.717) is 30.2 Å². The Hall–Kier alpha value is -3.65. The minimum atomic E-state index is -0.239. The summed E-state index contributed by atoms with van der Waals surface area (Å²) in [6, 6.07) is 17.3. The van der Waals surface area contributed by atoms with E-state index in [2.05, 4.69) is 17.2 Å². The lowest BCUT2D eigenvalue weighted by atomic mass is 10.0. The van der Waals surface area contributed by atoms with Gasteiger partial charge < -0.3 is 5.32 Å². The summed E-state index contributed by atoms with van der Waals surface area (Å²) in [6.45, 7) is 2.21. The molecular formula is C26H24N2O3. The van der Waals surface area contributed by atoms with Crippen LogP contribution in [-0.2, 0) is 16.0 Å². The summed E-state index contributed by atoms with van der Waals surface area (Å²) in [7, 11) is 0. The predicted octanol–water partition coefficient (Wildman–Crippen LogP) is 3.39. The minimum Gasteiger partial charge on any atom is -0.345 e. The second-order valence-electron chi connectivity index (χ2n) is 7.73. The lowest BCUT2D eigenvalue weighted by molar-refractivity contribution is -0.126. The largest absolute Gasteiger partial charge is 0.345 e.